The summed E-state index contributed by atoms with van der Waals surface area (Å²) < 4.78 is 10.7. The van der Waals surface area contributed by atoms with Gasteiger partial charge in [0.15, 0.2) is 0 Å². The molecule has 4 heterocycles. The second-order valence-corrected chi connectivity index (χ2v) is 10.3. The van der Waals surface area contributed by atoms with Crippen LogP contribution in [0.4, 0.5) is 0 Å². The fraction of sp³-hybridized carbons (Fsp3) is 0.0526. The number of hydrogen-bond acceptors (Lipinski definition) is 2. The standard InChI is InChI=1S/C12H9N.C12H8O.C7H7N.C7H6O/c2*1-3-7-11-9(5-1)10-6-2-4-8-12(10)13-11;2*1-2-6-4-5-8-7(6)3-1/h1-8,13H;1-8H;1,3-5,8H,2H2;1,3-5H,2H2. The predicted octanol–water partition coefficient (Wildman–Crippen LogP) is 10.3. The van der Waals surface area contributed by atoms with Crippen molar-refractivity contribution in [1.29, 1.82) is 0 Å². The largest absolute Gasteiger partial charge is 0.465 e. The van der Waals surface area contributed by atoms with Gasteiger partial charge in [0.1, 0.15) is 16.9 Å². The number of rotatable bonds is 0. The van der Waals surface area contributed by atoms with Crippen molar-refractivity contribution in [2.24, 2.45) is 0 Å². The molecule has 2 aliphatic carbocycles. The zero-order valence-corrected chi connectivity index (χ0v) is 23.1. The molecule has 4 aromatic heterocycles. The molecule has 0 aliphatic heterocycles. The van der Waals surface area contributed by atoms with E-state index in [-0.39, 0.29) is 0 Å². The van der Waals surface area contributed by atoms with E-state index >= 15 is 0 Å². The Hall–Kier alpha value is -5.48. The highest BCUT2D eigenvalue weighted by molar-refractivity contribution is 6.07. The number of aromatic nitrogens is 2. The molecule has 8 aromatic rings. The van der Waals surface area contributed by atoms with E-state index < -0.39 is 0 Å². The number of H-pyrrole nitrogens is 2. The van der Waals surface area contributed by atoms with Crippen molar-refractivity contribution in [3.63, 3.8) is 0 Å². The molecule has 10 rings (SSSR count). The molecule has 204 valence electrons. The van der Waals surface area contributed by atoms with Gasteiger partial charge in [-0.05, 0) is 67.0 Å². The predicted molar refractivity (Wildman–Crippen MR) is 175 cm³/mol. The minimum atomic E-state index is 0.962. The van der Waals surface area contributed by atoms with Gasteiger partial charge in [-0.25, -0.2) is 0 Å². The highest BCUT2D eigenvalue weighted by atomic mass is 16.3. The van der Waals surface area contributed by atoms with Gasteiger partial charge in [-0.1, -0.05) is 84.9 Å². The molecular formula is C38H30N2O2. The maximum atomic E-state index is 5.65. The monoisotopic (exact) mass is 546 g/mol. The molecule has 0 saturated heterocycles. The number of allylic oxidation sites excluding steroid dienone is 2. The molecular weight excluding hydrogens is 516 g/mol. The Balaban J connectivity index is 0.0000000938. The fourth-order valence-electron chi connectivity index (χ4n) is 5.48. The van der Waals surface area contributed by atoms with E-state index in [4.69, 9.17) is 8.83 Å². The first-order chi connectivity index (χ1) is 20.8. The molecule has 2 N–H and O–H groups in total. The quantitative estimate of drug-likeness (QED) is 0.199. The molecule has 0 spiro atoms. The fourth-order valence-corrected chi connectivity index (χ4v) is 5.48. The van der Waals surface area contributed by atoms with Crippen LogP contribution in [0.5, 0.6) is 0 Å². The van der Waals surface area contributed by atoms with Crippen LogP contribution < -0.4 is 0 Å². The summed E-state index contributed by atoms with van der Waals surface area (Å²) in [6.07, 6.45) is 14.3. The van der Waals surface area contributed by atoms with Crippen LogP contribution in [-0.4, -0.2) is 9.97 Å². The van der Waals surface area contributed by atoms with Gasteiger partial charge in [0.25, 0.3) is 0 Å². The maximum absolute atomic E-state index is 5.65. The van der Waals surface area contributed by atoms with Crippen molar-refractivity contribution >= 4 is 55.9 Å². The van der Waals surface area contributed by atoms with E-state index in [1.165, 1.54) is 49.4 Å². The van der Waals surface area contributed by atoms with E-state index in [1.807, 2.05) is 54.7 Å². The third-order valence-corrected chi connectivity index (χ3v) is 7.58. The molecule has 42 heavy (non-hydrogen) atoms. The molecule has 0 radical (unpaired) electrons. The Morgan fingerprint density at radius 2 is 1.10 bits per heavy atom. The van der Waals surface area contributed by atoms with Gasteiger partial charge in [0.05, 0.1) is 6.26 Å². The Bertz CT molecular complexity index is 1910. The van der Waals surface area contributed by atoms with Crippen LogP contribution in [0, 0.1) is 0 Å². The molecule has 4 aromatic carbocycles. The van der Waals surface area contributed by atoms with Crippen molar-refractivity contribution in [1.82, 2.24) is 9.97 Å². The van der Waals surface area contributed by atoms with Gasteiger partial charge in [-0.15, -0.1) is 0 Å². The normalized spacial score (nSPS) is 12.4. The van der Waals surface area contributed by atoms with Crippen LogP contribution >= 0.6 is 0 Å². The van der Waals surface area contributed by atoms with Crippen LogP contribution in [0.2, 0.25) is 0 Å². The second-order valence-electron chi connectivity index (χ2n) is 10.3. The Kier molecular flexibility index (Phi) is 7.01. The summed E-state index contributed by atoms with van der Waals surface area (Å²) in [5.41, 5.74) is 8.36. The summed E-state index contributed by atoms with van der Waals surface area (Å²) in [7, 11) is 0. The Morgan fingerprint density at radius 3 is 1.74 bits per heavy atom. The minimum absolute atomic E-state index is 0.962. The van der Waals surface area contributed by atoms with Crippen molar-refractivity contribution in [2.75, 3.05) is 0 Å². The lowest BCUT2D eigenvalue weighted by molar-refractivity contribution is 0.556. The zero-order chi connectivity index (χ0) is 28.1. The Labute approximate surface area is 243 Å². The number of benzene rings is 4. The summed E-state index contributed by atoms with van der Waals surface area (Å²) in [5.74, 6) is 1.03. The lowest BCUT2D eigenvalue weighted by Crippen LogP contribution is -1.70. The van der Waals surface area contributed by atoms with Crippen molar-refractivity contribution < 1.29 is 8.83 Å². The van der Waals surface area contributed by atoms with Gasteiger partial charge in [-0.3, -0.25) is 0 Å². The third kappa shape index (κ3) is 5.18. The third-order valence-electron chi connectivity index (χ3n) is 7.58. The van der Waals surface area contributed by atoms with E-state index in [2.05, 4.69) is 94.9 Å². The van der Waals surface area contributed by atoms with Gasteiger partial charge in [0.2, 0.25) is 0 Å². The number of furan rings is 2. The second kappa shape index (κ2) is 11.6. The number of nitrogens with one attached hydrogen (secondary N) is 2. The summed E-state index contributed by atoms with van der Waals surface area (Å²) in [6, 6.07) is 37.1. The van der Waals surface area contributed by atoms with Gasteiger partial charge in [0, 0.05) is 50.0 Å². The van der Waals surface area contributed by atoms with Crippen molar-refractivity contribution in [2.45, 2.75) is 12.8 Å². The van der Waals surface area contributed by atoms with Crippen LogP contribution in [0.1, 0.15) is 22.6 Å². The smallest absolute Gasteiger partial charge is 0.135 e. The van der Waals surface area contributed by atoms with Gasteiger partial charge >= 0.3 is 0 Å². The summed E-state index contributed by atoms with van der Waals surface area (Å²) in [4.78, 5) is 6.51. The van der Waals surface area contributed by atoms with Gasteiger partial charge < -0.3 is 18.8 Å². The number of aromatic amines is 2. The molecule has 4 heteroatoms. The number of hydrogen-bond donors (Lipinski definition) is 2. The summed E-state index contributed by atoms with van der Waals surface area (Å²) in [6.45, 7) is 0. The van der Waals surface area contributed by atoms with E-state index in [0.717, 1.165) is 29.8 Å². The highest BCUT2D eigenvalue weighted by Crippen LogP contribution is 2.28. The van der Waals surface area contributed by atoms with Crippen LogP contribution in [0.15, 0.2) is 143 Å². The van der Waals surface area contributed by atoms with Crippen LogP contribution in [0.3, 0.4) is 0 Å². The first kappa shape index (κ1) is 25.5. The summed E-state index contributed by atoms with van der Waals surface area (Å²) in [5, 5.41) is 4.99. The molecule has 0 fully saturated rings. The van der Waals surface area contributed by atoms with E-state index in [9.17, 15) is 0 Å². The van der Waals surface area contributed by atoms with Gasteiger partial charge in [-0.2, -0.15) is 0 Å². The van der Waals surface area contributed by atoms with Crippen LogP contribution in [-0.2, 0) is 12.8 Å². The van der Waals surface area contributed by atoms with E-state index in [0.29, 0.717) is 0 Å². The average Bonchev–Trinajstić information content (AvgIpc) is 3.87. The molecule has 0 saturated carbocycles. The first-order valence-electron chi connectivity index (χ1n) is 14.2. The first-order valence-corrected chi connectivity index (χ1v) is 14.2. The Morgan fingerprint density at radius 1 is 0.524 bits per heavy atom. The topological polar surface area (TPSA) is 57.9 Å². The lowest BCUT2D eigenvalue weighted by atomic mass is 10.2. The minimum Gasteiger partial charge on any atom is -0.465 e. The number of fused-ring (bicyclic) bond motifs is 8. The number of para-hydroxylation sites is 4. The molecule has 2 aliphatic rings. The highest BCUT2D eigenvalue weighted by Gasteiger charge is 2.06. The average molecular weight is 547 g/mol. The maximum Gasteiger partial charge on any atom is 0.135 e. The molecule has 0 unspecified atom stereocenters. The molecule has 0 atom stereocenters. The van der Waals surface area contributed by atoms with Crippen LogP contribution in [0.25, 0.3) is 55.9 Å². The van der Waals surface area contributed by atoms with E-state index in [1.54, 1.807) is 6.26 Å². The molecule has 4 nitrogen and oxygen atoms in total. The molecule has 0 amide bonds. The SMILES string of the molecule is C1=Cc2[nH]ccc2C1.C1=Cc2occc2C1.c1ccc2c(c1)[nH]c1ccccc12.c1ccc2c(c1)oc1ccccc12. The summed E-state index contributed by atoms with van der Waals surface area (Å²) >= 11 is 0. The lowest BCUT2D eigenvalue weighted by Gasteiger charge is -1.87. The zero-order valence-electron chi connectivity index (χ0n) is 23.1. The van der Waals surface area contributed by atoms with Crippen molar-refractivity contribution in [3.8, 4) is 0 Å². The molecule has 0 bridgehead atoms. The van der Waals surface area contributed by atoms with Crippen molar-refractivity contribution in [3.05, 3.63) is 156 Å².